The van der Waals surface area contributed by atoms with Gasteiger partial charge in [0.1, 0.15) is 0 Å². The van der Waals surface area contributed by atoms with Crippen LogP contribution in [0.2, 0.25) is 0 Å². The van der Waals surface area contributed by atoms with Crippen LogP contribution in [-0.4, -0.2) is 61.9 Å². The van der Waals surface area contributed by atoms with Crippen molar-refractivity contribution in [2.45, 2.75) is 31.8 Å². The Balaban J connectivity index is 1.49. The minimum absolute atomic E-state index is 0.111. The third-order valence-corrected chi connectivity index (χ3v) is 7.50. The Morgan fingerprint density at radius 1 is 0.917 bits per heavy atom. The van der Waals surface area contributed by atoms with Gasteiger partial charge in [-0.1, -0.05) is 0 Å². The lowest BCUT2D eigenvalue weighted by atomic mass is 10.0. The van der Waals surface area contributed by atoms with Crippen LogP contribution in [0.15, 0.2) is 29.1 Å². The second kappa shape index (κ2) is 8.83. The first-order valence-electron chi connectivity index (χ1n) is 12.3. The molecule has 3 heterocycles. The van der Waals surface area contributed by atoms with Crippen molar-refractivity contribution in [1.29, 1.82) is 0 Å². The number of carbonyl (C=O) groups excluding carboxylic acids is 1. The van der Waals surface area contributed by atoms with Gasteiger partial charge in [0.05, 0.1) is 30.9 Å². The summed E-state index contributed by atoms with van der Waals surface area (Å²) in [7, 11) is 3.07. The zero-order valence-electron chi connectivity index (χ0n) is 20.5. The third kappa shape index (κ3) is 3.53. The van der Waals surface area contributed by atoms with Crippen LogP contribution in [0.5, 0.6) is 23.0 Å². The maximum absolute atomic E-state index is 13.9. The summed E-state index contributed by atoms with van der Waals surface area (Å²) in [5, 5.41) is 0.980. The van der Waals surface area contributed by atoms with Crippen LogP contribution in [0.1, 0.15) is 35.2 Å². The zero-order valence-corrected chi connectivity index (χ0v) is 20.5. The van der Waals surface area contributed by atoms with Gasteiger partial charge in [-0.15, -0.1) is 0 Å². The van der Waals surface area contributed by atoms with Crippen molar-refractivity contribution in [2.24, 2.45) is 5.73 Å². The summed E-state index contributed by atoms with van der Waals surface area (Å²) in [4.78, 5) is 30.1. The number of rotatable bonds is 6. The molecule has 188 valence electrons. The van der Waals surface area contributed by atoms with Gasteiger partial charge in [-0.05, 0) is 63.2 Å². The molecule has 2 N–H and O–H groups in total. The summed E-state index contributed by atoms with van der Waals surface area (Å²) in [5.41, 5.74) is 8.20. The topological polar surface area (TPSA) is 105 Å². The molecule has 3 aromatic rings. The number of carbonyl (C=O) groups is 1. The Bertz CT molecular complexity index is 1440. The van der Waals surface area contributed by atoms with E-state index in [-0.39, 0.29) is 24.2 Å². The Kier molecular flexibility index (Phi) is 5.61. The number of nitrogens with zero attached hydrogens (tertiary/aromatic N) is 2. The largest absolute Gasteiger partial charge is 0.493 e. The van der Waals surface area contributed by atoms with Gasteiger partial charge < -0.3 is 34.1 Å². The number of benzene rings is 2. The number of aromatic nitrogens is 1. The molecule has 0 amide bonds. The first kappa shape index (κ1) is 22.9. The summed E-state index contributed by atoms with van der Waals surface area (Å²) < 4.78 is 23.8. The normalized spacial score (nSPS) is 16.9. The molecule has 2 aromatic carbocycles. The van der Waals surface area contributed by atoms with Crippen molar-refractivity contribution in [2.75, 3.05) is 40.6 Å². The molecule has 0 radical (unpaired) electrons. The molecule has 1 aliphatic carbocycles. The molecular formula is C27H29N3O6. The fourth-order valence-electron chi connectivity index (χ4n) is 5.58. The van der Waals surface area contributed by atoms with E-state index in [2.05, 4.69) is 4.90 Å². The van der Waals surface area contributed by atoms with Gasteiger partial charge >= 0.3 is 0 Å². The highest BCUT2D eigenvalue weighted by Crippen LogP contribution is 2.46. The van der Waals surface area contributed by atoms with Crippen LogP contribution in [0.3, 0.4) is 0 Å². The summed E-state index contributed by atoms with van der Waals surface area (Å²) in [6, 6.07) is 7.20. The zero-order chi connectivity index (χ0) is 25.0. The lowest BCUT2D eigenvalue weighted by Gasteiger charge is -2.30. The van der Waals surface area contributed by atoms with Crippen molar-refractivity contribution in [3.63, 3.8) is 0 Å². The van der Waals surface area contributed by atoms with Gasteiger partial charge in [-0.3, -0.25) is 9.59 Å². The van der Waals surface area contributed by atoms with Gasteiger partial charge in [0.15, 0.2) is 28.8 Å². The first-order valence-corrected chi connectivity index (χ1v) is 12.3. The Hall–Kier alpha value is -3.56. The van der Waals surface area contributed by atoms with Crippen LogP contribution >= 0.6 is 0 Å². The van der Waals surface area contributed by atoms with E-state index in [0.29, 0.717) is 62.7 Å². The highest BCUT2D eigenvalue weighted by molar-refractivity contribution is 6.27. The van der Waals surface area contributed by atoms with Crippen LogP contribution in [-0.2, 0) is 6.54 Å². The molecule has 0 spiro atoms. The molecule has 0 saturated carbocycles. The number of ether oxygens (including phenoxy) is 4. The van der Waals surface area contributed by atoms with Crippen LogP contribution in [0.4, 0.5) is 0 Å². The van der Waals surface area contributed by atoms with Crippen molar-refractivity contribution in [1.82, 2.24) is 9.47 Å². The molecule has 0 unspecified atom stereocenters. The van der Waals surface area contributed by atoms with E-state index >= 15 is 0 Å². The molecule has 1 aromatic heterocycles. The minimum atomic E-state index is -0.163. The fourth-order valence-corrected chi connectivity index (χ4v) is 5.58. The standard InChI is InChI=1S/C27H29N3O6/c1-33-20-10-16-19(13-21(20)34-2)27(32)30(7-3-6-29-8-4-15(28)5-9-29)25-17-11-22-23(36-14-35-22)12-18(17)26(31)24(16)25/h10-13,15H,3-9,14,28H2,1-2H3. The van der Waals surface area contributed by atoms with E-state index in [1.165, 1.54) is 14.2 Å². The van der Waals surface area contributed by atoms with Crippen LogP contribution in [0.25, 0.3) is 22.0 Å². The molecule has 9 heteroatoms. The highest BCUT2D eigenvalue weighted by Gasteiger charge is 2.35. The smallest absolute Gasteiger partial charge is 0.259 e. The Morgan fingerprint density at radius 3 is 2.22 bits per heavy atom. The van der Waals surface area contributed by atoms with Crippen LogP contribution < -0.4 is 30.2 Å². The van der Waals surface area contributed by atoms with Gasteiger partial charge in [0.25, 0.3) is 5.56 Å². The number of piperidine rings is 1. The number of ketones is 1. The molecule has 1 saturated heterocycles. The van der Waals surface area contributed by atoms with Crippen molar-refractivity contribution in [3.8, 4) is 34.3 Å². The summed E-state index contributed by atoms with van der Waals surface area (Å²) >= 11 is 0. The van der Waals surface area contributed by atoms with Crippen molar-refractivity contribution in [3.05, 3.63) is 45.7 Å². The SMILES string of the molecule is COc1cc2c3c(n(CCCN4CCC(N)CC4)c(=O)c2cc1OC)-c1cc2c(cc1C3=O)OCO2. The predicted molar refractivity (Wildman–Crippen MR) is 135 cm³/mol. The number of pyridine rings is 1. The van der Waals surface area contributed by atoms with Gasteiger partial charge in [0, 0.05) is 29.1 Å². The van der Waals surface area contributed by atoms with E-state index in [9.17, 15) is 9.59 Å². The highest BCUT2D eigenvalue weighted by atomic mass is 16.7. The average Bonchev–Trinajstić information content (AvgIpc) is 3.47. The van der Waals surface area contributed by atoms with Gasteiger partial charge in [-0.25, -0.2) is 0 Å². The lowest BCUT2D eigenvalue weighted by molar-refractivity contribution is 0.104. The molecule has 9 nitrogen and oxygen atoms in total. The number of nitrogens with two attached hydrogens (primary N) is 1. The second-order valence-electron chi connectivity index (χ2n) is 9.55. The molecule has 0 atom stereocenters. The minimum Gasteiger partial charge on any atom is -0.493 e. The monoisotopic (exact) mass is 491 g/mol. The fraction of sp³-hybridized carbons (Fsp3) is 0.407. The van der Waals surface area contributed by atoms with Crippen LogP contribution in [0, 0.1) is 0 Å². The van der Waals surface area contributed by atoms with Gasteiger partial charge in [0.2, 0.25) is 6.79 Å². The summed E-state index contributed by atoms with van der Waals surface area (Å²) in [6.07, 6.45) is 2.75. The number of likely N-dealkylation sites (tertiary alicyclic amines) is 1. The number of fused-ring (bicyclic) bond motifs is 6. The van der Waals surface area contributed by atoms with E-state index in [1.807, 2.05) is 6.07 Å². The number of methoxy groups -OCH3 is 2. The second-order valence-corrected chi connectivity index (χ2v) is 9.55. The first-order chi connectivity index (χ1) is 17.5. The van der Waals surface area contributed by atoms with Gasteiger partial charge in [-0.2, -0.15) is 0 Å². The molecule has 2 aliphatic heterocycles. The molecular weight excluding hydrogens is 462 g/mol. The number of hydrogen-bond donors (Lipinski definition) is 1. The van der Waals surface area contributed by atoms with Crippen molar-refractivity contribution >= 4 is 16.6 Å². The lowest BCUT2D eigenvalue weighted by Crippen LogP contribution is -2.40. The quantitative estimate of drug-likeness (QED) is 0.439. The molecule has 36 heavy (non-hydrogen) atoms. The summed E-state index contributed by atoms with van der Waals surface area (Å²) in [6.45, 7) is 3.39. The van der Waals surface area contributed by atoms with E-state index in [0.717, 1.165) is 38.9 Å². The molecule has 1 fully saturated rings. The van der Waals surface area contributed by atoms with E-state index in [4.69, 9.17) is 24.7 Å². The maximum atomic E-state index is 13.9. The third-order valence-electron chi connectivity index (χ3n) is 7.50. The summed E-state index contributed by atoms with van der Waals surface area (Å²) in [5.74, 6) is 1.88. The molecule has 6 rings (SSSR count). The Morgan fingerprint density at radius 2 is 1.56 bits per heavy atom. The molecule has 3 aliphatic rings. The van der Waals surface area contributed by atoms with E-state index in [1.54, 1.807) is 22.8 Å². The molecule has 0 bridgehead atoms. The Labute approximate surface area is 208 Å². The number of hydrogen-bond acceptors (Lipinski definition) is 8. The average molecular weight is 492 g/mol. The predicted octanol–water partition coefficient (Wildman–Crippen LogP) is 2.77. The maximum Gasteiger partial charge on any atom is 0.259 e. The van der Waals surface area contributed by atoms with E-state index < -0.39 is 0 Å². The van der Waals surface area contributed by atoms with Crippen molar-refractivity contribution < 1.29 is 23.7 Å².